The number of hydrogen-bond donors (Lipinski definition) is 2. The third kappa shape index (κ3) is 9.46. The van der Waals surface area contributed by atoms with Gasteiger partial charge in [-0.2, -0.15) is 31.3 Å². The van der Waals surface area contributed by atoms with Crippen molar-refractivity contribution in [1.29, 1.82) is 0 Å². The first-order valence-electron chi connectivity index (χ1n) is 14.0. The van der Waals surface area contributed by atoms with Gasteiger partial charge in [0, 0.05) is 12.1 Å². The molecule has 2 aromatic carbocycles. The van der Waals surface area contributed by atoms with E-state index in [-0.39, 0.29) is 42.0 Å². The number of aliphatic imine (C=N–C) groups is 1. The maximum Gasteiger partial charge on any atom is 0.437 e. The maximum absolute atomic E-state index is 14.0. The number of alkyl halides is 6. The number of carboxylic acid groups (broad SMARTS) is 1. The lowest BCUT2D eigenvalue weighted by atomic mass is 10.1. The van der Waals surface area contributed by atoms with Gasteiger partial charge in [0.15, 0.2) is 0 Å². The van der Waals surface area contributed by atoms with E-state index >= 15 is 0 Å². The van der Waals surface area contributed by atoms with Crippen LogP contribution >= 0.6 is 0 Å². The van der Waals surface area contributed by atoms with Crippen LogP contribution in [0.5, 0.6) is 5.75 Å². The van der Waals surface area contributed by atoms with Gasteiger partial charge < -0.3 is 24.0 Å². The van der Waals surface area contributed by atoms with Gasteiger partial charge in [-0.1, -0.05) is 23.4 Å². The molecule has 3 aromatic rings. The van der Waals surface area contributed by atoms with E-state index in [0.717, 1.165) is 24.3 Å². The van der Waals surface area contributed by atoms with Gasteiger partial charge in [-0.15, -0.1) is 4.99 Å². The van der Waals surface area contributed by atoms with Crippen LogP contribution in [-0.2, 0) is 17.1 Å². The van der Waals surface area contributed by atoms with Crippen molar-refractivity contribution in [3.05, 3.63) is 71.1 Å². The first-order chi connectivity index (χ1) is 21.9. The Morgan fingerprint density at radius 1 is 1.11 bits per heavy atom. The van der Waals surface area contributed by atoms with Crippen LogP contribution in [-0.4, -0.2) is 57.0 Å². The number of carbonyl (C=O) groups excluding carboxylic acids is 1. The minimum atomic E-state index is -4.86. The molecule has 1 aliphatic rings. The Balaban J connectivity index is 1.53. The minimum absolute atomic E-state index is 0.0600. The van der Waals surface area contributed by atoms with Crippen LogP contribution in [0.2, 0.25) is 0 Å². The van der Waals surface area contributed by atoms with E-state index in [1.165, 1.54) is 35.3 Å². The van der Waals surface area contributed by atoms with Gasteiger partial charge in [0.25, 0.3) is 0 Å². The van der Waals surface area contributed by atoms with Gasteiger partial charge in [0.05, 0.1) is 11.1 Å². The van der Waals surface area contributed by atoms with Crippen molar-refractivity contribution in [3.8, 4) is 17.1 Å². The number of guanidine groups is 1. The monoisotopic (exact) mass is 669 g/mol. The van der Waals surface area contributed by atoms with Crippen molar-refractivity contribution in [2.45, 2.75) is 57.6 Å². The fourth-order valence-electron chi connectivity index (χ4n) is 4.55. The molecule has 2 heterocycles. The Labute approximate surface area is 263 Å². The summed E-state index contributed by atoms with van der Waals surface area (Å²) in [4.78, 5) is 33.1. The van der Waals surface area contributed by atoms with E-state index in [1.54, 1.807) is 20.8 Å². The average molecular weight is 670 g/mol. The summed E-state index contributed by atoms with van der Waals surface area (Å²) in [6, 6.07) is 6.72. The summed E-state index contributed by atoms with van der Waals surface area (Å²) in [5.41, 5.74) is -2.82. The first kappa shape index (κ1) is 34.8. The van der Waals surface area contributed by atoms with Gasteiger partial charge in [0.2, 0.25) is 17.7 Å². The number of rotatable bonds is 6. The zero-order chi connectivity index (χ0) is 34.6. The first-order valence-corrected chi connectivity index (χ1v) is 14.0. The highest BCUT2D eigenvalue weighted by Crippen LogP contribution is 2.39. The highest BCUT2D eigenvalue weighted by Gasteiger charge is 2.37. The maximum atomic E-state index is 14.0. The van der Waals surface area contributed by atoms with Crippen molar-refractivity contribution in [2.24, 2.45) is 4.99 Å². The lowest BCUT2D eigenvalue weighted by Gasteiger charge is -2.25. The third-order valence-electron chi connectivity index (χ3n) is 6.46. The number of nitrogens with one attached hydrogen (secondary N) is 1. The Morgan fingerprint density at radius 2 is 1.85 bits per heavy atom. The van der Waals surface area contributed by atoms with Crippen LogP contribution in [0.3, 0.4) is 0 Å². The molecule has 4 rings (SSSR count). The fraction of sp³-hybridized carbons (Fsp3) is 0.367. The van der Waals surface area contributed by atoms with Crippen LogP contribution in [0.4, 0.5) is 35.9 Å². The van der Waals surface area contributed by atoms with E-state index in [1.807, 2.05) is 0 Å². The second-order valence-corrected chi connectivity index (χ2v) is 11.2. The van der Waals surface area contributed by atoms with Gasteiger partial charge in [-0.25, -0.2) is 9.59 Å². The number of likely N-dealkylation sites (tertiary alicyclic amines) is 1. The zero-order valence-corrected chi connectivity index (χ0v) is 25.1. The van der Waals surface area contributed by atoms with E-state index in [9.17, 15) is 41.0 Å². The summed E-state index contributed by atoms with van der Waals surface area (Å²) < 4.78 is 96.6. The standard InChI is InChI=1S/C30H29F6N5O6/c1-28(2,3)46-27(44)39-25(38-26(42)43)41-13-5-10-21(41)24-37-23(40-47-24)18-11-12-22(20(16-18)30(34,35)36)45-14-6-8-17-7-4-9-19(15-17)29(31,32)33/h4,6-9,11-12,15-16,21H,5,10,13-14H2,1-3H3,(H,42,43)(H,38,39,44)/b8-6+. The van der Waals surface area contributed by atoms with Crippen molar-refractivity contribution in [3.63, 3.8) is 0 Å². The molecule has 1 fully saturated rings. The molecule has 1 atom stereocenters. The van der Waals surface area contributed by atoms with Gasteiger partial charge in [-0.3, -0.25) is 5.32 Å². The molecule has 2 amide bonds. The highest BCUT2D eigenvalue weighted by atomic mass is 19.4. The number of nitrogens with zero attached hydrogens (tertiary/aromatic N) is 4. The molecule has 0 aliphatic carbocycles. The number of carbonyl (C=O) groups is 2. The molecule has 11 nitrogen and oxygen atoms in total. The molecule has 0 radical (unpaired) electrons. The summed E-state index contributed by atoms with van der Waals surface area (Å²) in [5.74, 6) is -1.15. The van der Waals surface area contributed by atoms with E-state index in [4.69, 9.17) is 14.0 Å². The van der Waals surface area contributed by atoms with E-state index in [0.29, 0.717) is 12.8 Å². The van der Waals surface area contributed by atoms with Crippen LogP contribution < -0.4 is 10.1 Å². The summed E-state index contributed by atoms with van der Waals surface area (Å²) in [6.07, 6.45) is -8.52. The van der Waals surface area contributed by atoms with Gasteiger partial charge in [-0.05, 0) is 75.6 Å². The number of amides is 2. The minimum Gasteiger partial charge on any atom is -0.489 e. The number of benzene rings is 2. The quantitative estimate of drug-likeness (QED) is 0.155. The summed E-state index contributed by atoms with van der Waals surface area (Å²) in [5, 5.41) is 15.2. The highest BCUT2D eigenvalue weighted by molar-refractivity contribution is 5.98. The third-order valence-corrected chi connectivity index (χ3v) is 6.46. The second-order valence-electron chi connectivity index (χ2n) is 11.2. The molecule has 47 heavy (non-hydrogen) atoms. The lowest BCUT2D eigenvalue weighted by Crippen LogP contribution is -2.44. The molecule has 1 unspecified atom stereocenters. The van der Waals surface area contributed by atoms with Gasteiger partial charge >= 0.3 is 24.5 Å². The van der Waals surface area contributed by atoms with Crippen LogP contribution in [0.1, 0.15) is 62.2 Å². The largest absolute Gasteiger partial charge is 0.489 e. The second kappa shape index (κ2) is 13.7. The topological polar surface area (TPSA) is 139 Å². The van der Waals surface area contributed by atoms with Crippen molar-refractivity contribution < 1.29 is 55.0 Å². The Hall–Kier alpha value is -5.09. The summed E-state index contributed by atoms with van der Waals surface area (Å²) in [7, 11) is 0. The molecule has 1 saturated heterocycles. The molecule has 1 aliphatic heterocycles. The Morgan fingerprint density at radius 3 is 2.51 bits per heavy atom. The van der Waals surface area contributed by atoms with Crippen molar-refractivity contribution >= 4 is 24.2 Å². The molecule has 0 spiro atoms. The fourth-order valence-corrected chi connectivity index (χ4v) is 4.55. The molecule has 17 heteroatoms. The number of ether oxygens (including phenoxy) is 2. The SMILES string of the molecule is CC(C)(C)OC(=O)N=C(NC(=O)O)N1CCCC1c1nc(-c2ccc(OC/C=C/c3cccc(C(F)(F)F)c3)c(C(F)(F)F)c2)no1. The van der Waals surface area contributed by atoms with Crippen molar-refractivity contribution in [2.75, 3.05) is 13.2 Å². The average Bonchev–Trinajstić information content (AvgIpc) is 3.63. The van der Waals surface area contributed by atoms with E-state index < -0.39 is 53.1 Å². The summed E-state index contributed by atoms with van der Waals surface area (Å²) in [6.45, 7) is 4.67. The van der Waals surface area contributed by atoms with Gasteiger partial charge in [0.1, 0.15) is 24.0 Å². The molecule has 0 saturated carbocycles. The van der Waals surface area contributed by atoms with Crippen LogP contribution in [0.15, 0.2) is 58.1 Å². The van der Waals surface area contributed by atoms with E-state index in [2.05, 4.69) is 20.4 Å². The normalized spacial score (nSPS) is 16.1. The lowest BCUT2D eigenvalue weighted by molar-refractivity contribution is -0.139. The Bertz CT molecular complexity index is 1660. The number of hydrogen-bond acceptors (Lipinski definition) is 7. The summed E-state index contributed by atoms with van der Waals surface area (Å²) >= 11 is 0. The molecule has 2 N–H and O–H groups in total. The molecule has 252 valence electrons. The number of halogens is 6. The predicted octanol–water partition coefficient (Wildman–Crippen LogP) is 7.56. The molecule has 1 aromatic heterocycles. The predicted molar refractivity (Wildman–Crippen MR) is 154 cm³/mol. The molecular formula is C30H29F6N5O6. The molecular weight excluding hydrogens is 640 g/mol. The van der Waals surface area contributed by atoms with Crippen LogP contribution in [0.25, 0.3) is 17.5 Å². The molecule has 0 bridgehead atoms. The smallest absolute Gasteiger partial charge is 0.437 e. The van der Waals surface area contributed by atoms with Crippen molar-refractivity contribution in [1.82, 2.24) is 20.4 Å². The van der Waals surface area contributed by atoms with Crippen LogP contribution in [0, 0.1) is 0 Å². The zero-order valence-electron chi connectivity index (χ0n) is 25.1. The Kier molecular flexibility index (Phi) is 10.2. The number of aromatic nitrogens is 2.